The molecule has 0 amide bonds. The minimum Gasteiger partial charge on any atom is -0.456 e. The lowest BCUT2D eigenvalue weighted by atomic mass is 10.1. The lowest BCUT2D eigenvalue weighted by Gasteiger charge is -2.21. The highest BCUT2D eigenvalue weighted by atomic mass is 16.6. The average Bonchev–Trinajstić information content (AvgIpc) is 2.44. The second kappa shape index (κ2) is 5.27. The monoisotopic (exact) mass is 231 g/mol. The van der Waals surface area contributed by atoms with Crippen LogP contribution in [0.4, 0.5) is 0 Å². The van der Waals surface area contributed by atoms with Gasteiger partial charge < -0.3 is 19.9 Å². The van der Waals surface area contributed by atoms with Crippen LogP contribution in [0.3, 0.4) is 0 Å². The number of carbonyl (C=O) groups is 2. The molecule has 4 atom stereocenters. The summed E-state index contributed by atoms with van der Waals surface area (Å²) in [6.07, 6.45) is -1.81. The molecular weight excluding hydrogens is 214 g/mol. The lowest BCUT2D eigenvalue weighted by molar-refractivity contribution is -0.164. The third-order valence-corrected chi connectivity index (χ3v) is 2.35. The van der Waals surface area contributed by atoms with Gasteiger partial charge in [-0.2, -0.15) is 0 Å². The van der Waals surface area contributed by atoms with Crippen LogP contribution in [0.2, 0.25) is 0 Å². The Labute approximate surface area is 94.0 Å². The van der Waals surface area contributed by atoms with Crippen molar-refractivity contribution in [3.8, 4) is 0 Å². The highest BCUT2D eigenvalue weighted by Crippen LogP contribution is 2.26. The highest BCUT2D eigenvalue weighted by molar-refractivity contribution is 5.67. The molecule has 0 aliphatic carbocycles. The van der Waals surface area contributed by atoms with E-state index >= 15 is 0 Å². The van der Waals surface area contributed by atoms with Gasteiger partial charge in [0.05, 0.1) is 0 Å². The Hall–Kier alpha value is -1.14. The van der Waals surface area contributed by atoms with Crippen LogP contribution in [0.5, 0.6) is 0 Å². The van der Waals surface area contributed by atoms with Gasteiger partial charge in [-0.3, -0.25) is 9.59 Å². The second-order valence-corrected chi connectivity index (χ2v) is 3.70. The molecular formula is C10H17NO5. The quantitative estimate of drug-likeness (QED) is 0.685. The zero-order valence-electron chi connectivity index (χ0n) is 9.64. The van der Waals surface area contributed by atoms with Crippen LogP contribution >= 0.6 is 0 Å². The van der Waals surface area contributed by atoms with Crippen LogP contribution in [-0.2, 0) is 23.8 Å². The van der Waals surface area contributed by atoms with Crippen LogP contribution in [0.1, 0.15) is 27.2 Å². The molecule has 1 rings (SSSR count). The summed E-state index contributed by atoms with van der Waals surface area (Å²) in [4.78, 5) is 21.8. The van der Waals surface area contributed by atoms with Crippen molar-refractivity contribution in [3.63, 3.8) is 0 Å². The Kier molecular flexibility index (Phi) is 4.26. The van der Waals surface area contributed by atoms with Crippen molar-refractivity contribution in [2.45, 2.75) is 51.7 Å². The number of carbonyl (C=O) groups excluding carboxylic acids is 2. The fraction of sp³-hybridized carbons (Fsp3) is 0.800. The Balaban J connectivity index is 2.76. The molecule has 0 bridgehead atoms. The largest absolute Gasteiger partial charge is 0.456 e. The van der Waals surface area contributed by atoms with Gasteiger partial charge >= 0.3 is 11.9 Å². The van der Waals surface area contributed by atoms with E-state index in [9.17, 15) is 9.59 Å². The van der Waals surface area contributed by atoms with Crippen molar-refractivity contribution in [1.82, 2.24) is 0 Å². The maximum Gasteiger partial charge on any atom is 0.303 e. The minimum atomic E-state index is -0.752. The highest BCUT2D eigenvalue weighted by Gasteiger charge is 2.46. The van der Waals surface area contributed by atoms with Crippen molar-refractivity contribution in [3.05, 3.63) is 0 Å². The van der Waals surface area contributed by atoms with Gasteiger partial charge in [0.25, 0.3) is 0 Å². The molecule has 92 valence electrons. The summed E-state index contributed by atoms with van der Waals surface area (Å²) in [5.41, 5.74) is 5.67. The van der Waals surface area contributed by atoms with Gasteiger partial charge in [0.1, 0.15) is 12.3 Å². The van der Waals surface area contributed by atoms with E-state index in [1.54, 1.807) is 0 Å². The Morgan fingerprint density at radius 1 is 1.19 bits per heavy atom. The zero-order chi connectivity index (χ0) is 12.3. The van der Waals surface area contributed by atoms with Gasteiger partial charge in [0.15, 0.2) is 12.2 Å². The van der Waals surface area contributed by atoms with Crippen molar-refractivity contribution < 1.29 is 23.8 Å². The number of esters is 2. The first-order valence-electron chi connectivity index (χ1n) is 5.21. The van der Waals surface area contributed by atoms with E-state index in [0.29, 0.717) is 6.42 Å². The van der Waals surface area contributed by atoms with Crippen molar-refractivity contribution >= 4 is 11.9 Å². The molecule has 6 nitrogen and oxygen atoms in total. The molecule has 1 fully saturated rings. The molecule has 6 heteroatoms. The molecule has 1 saturated heterocycles. The summed E-state index contributed by atoms with van der Waals surface area (Å²) in [5.74, 6) is -0.920. The first-order valence-corrected chi connectivity index (χ1v) is 5.21. The Morgan fingerprint density at radius 3 is 2.12 bits per heavy atom. The van der Waals surface area contributed by atoms with E-state index in [4.69, 9.17) is 19.9 Å². The van der Waals surface area contributed by atoms with Gasteiger partial charge in [-0.1, -0.05) is 6.92 Å². The smallest absolute Gasteiger partial charge is 0.303 e. The third kappa shape index (κ3) is 2.93. The third-order valence-electron chi connectivity index (χ3n) is 2.35. The molecule has 0 saturated carbocycles. The molecule has 1 aliphatic rings. The molecule has 1 heterocycles. The molecule has 1 aliphatic heterocycles. The minimum absolute atomic E-state index is 0.330. The summed E-state index contributed by atoms with van der Waals surface area (Å²) < 4.78 is 15.4. The van der Waals surface area contributed by atoms with Gasteiger partial charge in [-0.25, -0.2) is 0 Å². The maximum atomic E-state index is 10.9. The van der Waals surface area contributed by atoms with E-state index < -0.39 is 30.4 Å². The van der Waals surface area contributed by atoms with E-state index in [1.807, 2.05) is 6.92 Å². The summed E-state index contributed by atoms with van der Waals surface area (Å²) in [6.45, 7) is 4.45. The van der Waals surface area contributed by atoms with E-state index in [2.05, 4.69) is 0 Å². The van der Waals surface area contributed by atoms with E-state index in [1.165, 1.54) is 13.8 Å². The summed E-state index contributed by atoms with van der Waals surface area (Å²) in [6, 6.07) is 0. The molecule has 0 aromatic carbocycles. The fourth-order valence-corrected chi connectivity index (χ4v) is 1.74. The SMILES string of the molecule is CCC1O[C@@H](N)C(OC(C)=O)C1OC(C)=O. The number of hydrogen-bond donors (Lipinski definition) is 1. The van der Waals surface area contributed by atoms with Crippen molar-refractivity contribution in [2.75, 3.05) is 0 Å². The zero-order valence-corrected chi connectivity index (χ0v) is 9.64. The topological polar surface area (TPSA) is 87.8 Å². The first-order chi connectivity index (χ1) is 7.45. The molecule has 0 radical (unpaired) electrons. The molecule has 0 aromatic rings. The van der Waals surface area contributed by atoms with E-state index in [0.717, 1.165) is 0 Å². The number of nitrogens with two attached hydrogens (primary N) is 1. The number of ether oxygens (including phenoxy) is 3. The molecule has 0 spiro atoms. The van der Waals surface area contributed by atoms with Crippen LogP contribution in [0, 0.1) is 0 Å². The maximum absolute atomic E-state index is 10.9. The van der Waals surface area contributed by atoms with Gasteiger partial charge in [0, 0.05) is 13.8 Å². The van der Waals surface area contributed by atoms with Gasteiger partial charge in [0.2, 0.25) is 0 Å². The molecule has 2 N–H and O–H groups in total. The molecule has 16 heavy (non-hydrogen) atoms. The normalized spacial score (nSPS) is 33.5. The predicted molar refractivity (Wildman–Crippen MR) is 54.2 cm³/mol. The molecule has 3 unspecified atom stereocenters. The van der Waals surface area contributed by atoms with Crippen LogP contribution in [0.25, 0.3) is 0 Å². The number of rotatable bonds is 3. The molecule has 0 aromatic heterocycles. The lowest BCUT2D eigenvalue weighted by Crippen LogP contribution is -2.42. The standard InChI is InChI=1S/C10H17NO5/c1-4-7-8(14-5(2)12)9(10(11)16-7)15-6(3)13/h7-10H,4,11H2,1-3H3/t7?,8?,9?,10-/m1/s1. The average molecular weight is 231 g/mol. The van der Waals surface area contributed by atoms with E-state index in [-0.39, 0.29) is 6.10 Å². The summed E-state index contributed by atoms with van der Waals surface area (Å²) in [5, 5.41) is 0. The first kappa shape index (κ1) is 12.9. The fourth-order valence-electron chi connectivity index (χ4n) is 1.74. The summed E-state index contributed by atoms with van der Waals surface area (Å²) in [7, 11) is 0. The second-order valence-electron chi connectivity index (χ2n) is 3.70. The summed E-state index contributed by atoms with van der Waals surface area (Å²) >= 11 is 0. The van der Waals surface area contributed by atoms with Crippen molar-refractivity contribution in [1.29, 1.82) is 0 Å². The van der Waals surface area contributed by atoms with Gasteiger partial charge in [-0.05, 0) is 6.42 Å². The van der Waals surface area contributed by atoms with Gasteiger partial charge in [-0.15, -0.1) is 0 Å². The van der Waals surface area contributed by atoms with Crippen LogP contribution < -0.4 is 5.73 Å². The Bertz CT molecular complexity index is 280. The van der Waals surface area contributed by atoms with Crippen LogP contribution in [-0.4, -0.2) is 36.5 Å². The predicted octanol–water partition coefficient (Wildman–Crippen LogP) is -0.0566. The van der Waals surface area contributed by atoms with Crippen molar-refractivity contribution in [2.24, 2.45) is 5.73 Å². The number of hydrogen-bond acceptors (Lipinski definition) is 6. The Morgan fingerprint density at radius 2 is 1.69 bits per heavy atom. The van der Waals surface area contributed by atoms with Crippen LogP contribution in [0.15, 0.2) is 0 Å².